The molecule has 75 heavy (non-hydrogen) atoms. The van der Waals surface area contributed by atoms with Gasteiger partial charge in [-0.15, -0.1) is 0 Å². The van der Waals surface area contributed by atoms with Crippen molar-refractivity contribution in [2.24, 2.45) is 50.2 Å². The highest BCUT2D eigenvalue weighted by atomic mass is 16.7. The van der Waals surface area contributed by atoms with E-state index in [9.17, 15) is 71.2 Å². The molecule has 9 rings (SSSR count). The second-order valence-corrected chi connectivity index (χ2v) is 25.9. The van der Waals surface area contributed by atoms with Crippen molar-refractivity contribution < 1.29 is 109 Å². The van der Waals surface area contributed by atoms with E-state index in [0.29, 0.717) is 19.3 Å². The van der Waals surface area contributed by atoms with Crippen LogP contribution in [0.4, 0.5) is 0 Å². The lowest BCUT2D eigenvalue weighted by molar-refractivity contribution is -0.348. The summed E-state index contributed by atoms with van der Waals surface area (Å²) < 4.78 is 46.8. The number of fused-ring (bicyclic) bond motifs is 7. The molecular formula is C53H86O22. The van der Waals surface area contributed by atoms with Gasteiger partial charge in [0.05, 0.1) is 37.9 Å². The topological polar surface area (TPSA) is 354 Å². The predicted octanol–water partition coefficient (Wildman–Crippen LogP) is -1.40. The number of aliphatic hydroxyl groups excluding tert-OH is 13. The number of rotatable bonds is 11. The smallest absolute Gasteiger partial charge is 0.315 e. The Morgan fingerprint density at radius 1 is 0.587 bits per heavy atom. The van der Waals surface area contributed by atoms with Crippen LogP contribution < -0.4 is 0 Å². The predicted molar refractivity (Wildman–Crippen MR) is 257 cm³/mol. The molecule has 22 nitrogen and oxygen atoms in total. The van der Waals surface area contributed by atoms with Crippen molar-refractivity contribution in [1.29, 1.82) is 0 Å². The number of ether oxygens (including phenoxy) is 8. The van der Waals surface area contributed by atoms with Crippen molar-refractivity contribution in [2.45, 2.75) is 235 Å². The van der Waals surface area contributed by atoms with Gasteiger partial charge >= 0.3 is 5.97 Å². The molecule has 0 aromatic rings. The van der Waals surface area contributed by atoms with Crippen LogP contribution in [-0.2, 0) is 42.7 Å². The van der Waals surface area contributed by atoms with Crippen LogP contribution in [0.25, 0.3) is 0 Å². The molecule has 27 atom stereocenters. The first-order chi connectivity index (χ1) is 35.1. The van der Waals surface area contributed by atoms with E-state index in [4.69, 9.17) is 37.9 Å². The van der Waals surface area contributed by atoms with Gasteiger partial charge < -0.3 is 104 Å². The van der Waals surface area contributed by atoms with Crippen LogP contribution in [0.3, 0.4) is 0 Å². The molecule has 0 aromatic heterocycles. The molecule has 22 heteroatoms. The Hall–Kier alpha value is -1.59. The quantitative estimate of drug-likeness (QED) is 0.0643. The number of aliphatic hydroxyl groups is 13. The Balaban J connectivity index is 0.875. The summed E-state index contributed by atoms with van der Waals surface area (Å²) in [5.41, 5.74) is -0.820. The standard InChI is InChI=1S/C53H86O22/c1-48(2)14-16-53(47(67)75-46-42(66)36(60)33(57)26(19-54)71-46)17-15-51(6)23(24(53)18-48)8-9-30-50(5)12-11-31(49(3,4)29(50)10-13-52(30,51)7)74-45-41(65)38(62)35(59)28(73-45)22-70-44-40(64)37(61)34(58)27(72-44)21-69-43-39(63)32(56)25(55)20-68-43/h8,24-46,54-66H,9-22H2,1-7H3/t24?,25-,26-,27-,28-,29?,30?,31+,32+,33-,34-,35-,36+,37+,38+,39-,40-,41-,42-,43+,44-,45+,46+,50+,51?,52-,53+/m1/s1. The van der Waals surface area contributed by atoms with Crippen molar-refractivity contribution >= 4 is 5.97 Å². The fraction of sp³-hybridized carbons (Fsp3) is 0.943. The van der Waals surface area contributed by atoms with E-state index in [1.807, 2.05) is 0 Å². The normalized spacial score (nSPS) is 53.5. The highest BCUT2D eigenvalue weighted by molar-refractivity contribution is 5.79. The number of carbonyl (C=O) groups is 1. The minimum absolute atomic E-state index is 0.0748. The number of esters is 1. The van der Waals surface area contributed by atoms with Crippen LogP contribution in [0.1, 0.15) is 113 Å². The van der Waals surface area contributed by atoms with Crippen molar-refractivity contribution in [3.05, 3.63) is 11.6 Å². The van der Waals surface area contributed by atoms with E-state index >= 15 is 0 Å². The molecule has 5 aliphatic carbocycles. The molecule has 0 amide bonds. The van der Waals surface area contributed by atoms with Crippen LogP contribution >= 0.6 is 0 Å². The fourth-order valence-electron chi connectivity index (χ4n) is 16.0. The molecule has 4 aliphatic heterocycles. The first-order valence-electron chi connectivity index (χ1n) is 27.2. The van der Waals surface area contributed by atoms with Crippen LogP contribution in [0.5, 0.6) is 0 Å². The summed E-state index contributed by atoms with van der Waals surface area (Å²) in [5, 5.41) is 138. The van der Waals surface area contributed by atoms with Gasteiger partial charge in [0.1, 0.15) is 91.6 Å². The third-order valence-electron chi connectivity index (χ3n) is 21.0. The highest BCUT2D eigenvalue weighted by Crippen LogP contribution is 2.76. The monoisotopic (exact) mass is 1070 g/mol. The van der Waals surface area contributed by atoms with Gasteiger partial charge in [0.15, 0.2) is 18.9 Å². The van der Waals surface area contributed by atoms with Crippen molar-refractivity contribution in [2.75, 3.05) is 26.4 Å². The Morgan fingerprint density at radius 2 is 1.13 bits per heavy atom. The van der Waals surface area contributed by atoms with Gasteiger partial charge in [-0.25, -0.2) is 0 Å². The molecule has 13 N–H and O–H groups in total. The van der Waals surface area contributed by atoms with E-state index < -0.39 is 159 Å². The molecule has 0 spiro atoms. The van der Waals surface area contributed by atoms with Gasteiger partial charge in [0.2, 0.25) is 6.29 Å². The molecule has 8 fully saturated rings. The van der Waals surface area contributed by atoms with Crippen molar-refractivity contribution in [3.63, 3.8) is 0 Å². The second-order valence-electron chi connectivity index (χ2n) is 25.9. The van der Waals surface area contributed by atoms with Gasteiger partial charge in [-0.1, -0.05) is 60.1 Å². The van der Waals surface area contributed by atoms with Crippen molar-refractivity contribution in [1.82, 2.24) is 0 Å². The lowest BCUT2D eigenvalue weighted by Gasteiger charge is -2.71. The summed E-state index contributed by atoms with van der Waals surface area (Å²) in [7, 11) is 0. The second kappa shape index (κ2) is 21.1. The molecule has 430 valence electrons. The molecule has 4 unspecified atom stereocenters. The zero-order valence-electron chi connectivity index (χ0n) is 44.2. The van der Waals surface area contributed by atoms with Gasteiger partial charge in [0, 0.05) is 0 Å². The van der Waals surface area contributed by atoms with E-state index in [1.54, 1.807) is 0 Å². The molecule has 4 heterocycles. The van der Waals surface area contributed by atoms with Gasteiger partial charge in [-0.05, 0) is 109 Å². The van der Waals surface area contributed by atoms with E-state index in [-0.39, 0.29) is 46.0 Å². The Kier molecular flexibility index (Phi) is 16.3. The minimum atomic E-state index is -1.80. The average molecular weight is 1080 g/mol. The van der Waals surface area contributed by atoms with E-state index in [2.05, 4.69) is 54.5 Å². The third-order valence-corrected chi connectivity index (χ3v) is 21.0. The van der Waals surface area contributed by atoms with Gasteiger partial charge in [0.25, 0.3) is 0 Å². The summed E-state index contributed by atoms with van der Waals surface area (Å²) in [4.78, 5) is 14.7. The van der Waals surface area contributed by atoms with Gasteiger partial charge in [-0.2, -0.15) is 0 Å². The lowest BCUT2D eigenvalue weighted by atomic mass is 9.33. The average Bonchev–Trinajstić information content (AvgIpc) is 3.36. The molecule has 0 aromatic carbocycles. The van der Waals surface area contributed by atoms with E-state index in [1.165, 1.54) is 5.57 Å². The van der Waals surface area contributed by atoms with Crippen LogP contribution in [0, 0.1) is 50.2 Å². The Labute approximate surface area is 437 Å². The van der Waals surface area contributed by atoms with Crippen LogP contribution in [-0.4, -0.2) is 222 Å². The first-order valence-corrected chi connectivity index (χ1v) is 27.2. The maximum Gasteiger partial charge on any atom is 0.315 e. The molecule has 4 saturated heterocycles. The van der Waals surface area contributed by atoms with Gasteiger partial charge in [-0.3, -0.25) is 4.79 Å². The summed E-state index contributed by atoms with van der Waals surface area (Å²) in [6, 6.07) is 0. The Morgan fingerprint density at radius 3 is 1.77 bits per heavy atom. The maximum absolute atomic E-state index is 14.7. The number of allylic oxidation sites excluding steroid dienone is 2. The molecule has 4 saturated carbocycles. The SMILES string of the molecule is CC1(C)CC[C@]2(C(=O)O[C@@H]3O[C@H](CO)[C@@H](O)[C@H](O)[C@H]3O)CCC3(C)C(=CCC4[C@@]5(C)CC[C@H](O[C@@H]6O[C@H](CO[C@@H]7O[C@H](CO[C@@H]8OC[C@@H](O)[C@H](O)[C@H]8O)[C@@H](O)[C@H](O)[C@H]7O)[C@@H](O)[C@H](O)[C@H]6O)C(C)(C)C5CC[C@]43C)C2C1. The molecule has 0 bridgehead atoms. The van der Waals surface area contributed by atoms with Crippen LogP contribution in [0.15, 0.2) is 11.6 Å². The van der Waals surface area contributed by atoms with E-state index in [0.717, 1.165) is 44.9 Å². The number of hydrogen-bond acceptors (Lipinski definition) is 22. The summed E-state index contributed by atoms with van der Waals surface area (Å²) in [6.07, 6.45) is -20.5. The maximum atomic E-state index is 14.7. The Bertz CT molecular complexity index is 2060. The summed E-state index contributed by atoms with van der Waals surface area (Å²) in [5.74, 6) is -0.267. The number of carbonyl (C=O) groups excluding carboxylic acids is 1. The first kappa shape index (κ1) is 58.1. The lowest BCUT2D eigenvalue weighted by Crippen LogP contribution is -2.66. The molecule has 9 aliphatic rings. The highest BCUT2D eigenvalue weighted by Gasteiger charge is 2.70. The summed E-state index contributed by atoms with van der Waals surface area (Å²) >= 11 is 0. The van der Waals surface area contributed by atoms with Crippen molar-refractivity contribution in [3.8, 4) is 0 Å². The largest absolute Gasteiger partial charge is 0.432 e. The number of hydrogen-bond donors (Lipinski definition) is 13. The fourth-order valence-corrected chi connectivity index (χ4v) is 16.0. The third kappa shape index (κ3) is 9.70. The zero-order valence-corrected chi connectivity index (χ0v) is 44.2. The molecular weight excluding hydrogens is 989 g/mol. The summed E-state index contributed by atoms with van der Waals surface area (Å²) in [6.45, 7) is 14.0. The molecule has 0 radical (unpaired) electrons. The van der Waals surface area contributed by atoms with Crippen LogP contribution in [0.2, 0.25) is 0 Å². The minimum Gasteiger partial charge on any atom is -0.432 e. The zero-order chi connectivity index (χ0) is 54.7.